The Morgan fingerprint density at radius 3 is 2.00 bits per heavy atom. The van der Waals surface area contributed by atoms with Gasteiger partial charge in [-0.2, -0.15) is 0 Å². The number of hydrogen-bond donors (Lipinski definition) is 1. The van der Waals surface area contributed by atoms with Crippen LogP contribution in [-0.2, 0) is 20.7 Å². The molecule has 1 N–H and O–H groups in total. The Morgan fingerprint density at radius 1 is 0.958 bits per heavy atom. The van der Waals surface area contributed by atoms with Crippen molar-refractivity contribution in [2.45, 2.75) is 59.2 Å². The molecule has 0 aromatic heterocycles. The molecule has 1 amide bonds. The number of allylic oxidation sites excluding steroid dienone is 1. The van der Waals surface area contributed by atoms with Gasteiger partial charge in [-0.1, -0.05) is 18.2 Å². The molecule has 5 nitrogen and oxygen atoms in total. The summed E-state index contributed by atoms with van der Waals surface area (Å²) in [4.78, 5) is 23.2. The lowest BCUT2D eigenvalue weighted by Gasteiger charge is -2.19. The summed E-state index contributed by atoms with van der Waals surface area (Å²) in [7, 11) is 0. The maximum absolute atomic E-state index is 11.7. The standard InChI is InChI=1S/C19H27NO4/c1-18(2,3)23-16(21)9-7-8-14-10-12-15(13-11-14)20-17(22)24-19(4,5)6/h7,9-13H,8H2,1-6H3,(H,20,22)/b9-7+. The van der Waals surface area contributed by atoms with Crippen LogP contribution in [0.1, 0.15) is 47.1 Å². The molecule has 0 spiro atoms. The van der Waals surface area contributed by atoms with Crippen LogP contribution in [-0.4, -0.2) is 23.3 Å². The van der Waals surface area contributed by atoms with Crippen LogP contribution in [0.25, 0.3) is 0 Å². The van der Waals surface area contributed by atoms with Crippen LogP contribution in [0, 0.1) is 0 Å². The predicted molar refractivity (Wildman–Crippen MR) is 95.0 cm³/mol. The number of hydrogen-bond acceptors (Lipinski definition) is 4. The van der Waals surface area contributed by atoms with E-state index in [0.717, 1.165) is 5.56 Å². The lowest BCUT2D eigenvalue weighted by atomic mass is 10.1. The highest BCUT2D eigenvalue weighted by Gasteiger charge is 2.16. The zero-order valence-corrected chi connectivity index (χ0v) is 15.3. The third-order valence-electron chi connectivity index (χ3n) is 2.61. The first-order chi connectivity index (χ1) is 10.9. The van der Waals surface area contributed by atoms with Crippen molar-refractivity contribution < 1.29 is 19.1 Å². The summed E-state index contributed by atoms with van der Waals surface area (Å²) in [6, 6.07) is 7.35. The van der Waals surface area contributed by atoms with Crippen molar-refractivity contribution in [3.05, 3.63) is 42.0 Å². The molecule has 0 saturated heterocycles. The number of carbonyl (C=O) groups excluding carboxylic acids is 2. The average Bonchev–Trinajstić information content (AvgIpc) is 2.36. The molecule has 0 aliphatic carbocycles. The Kier molecular flexibility index (Phi) is 6.58. The molecular formula is C19H27NO4. The zero-order chi connectivity index (χ0) is 18.4. The first-order valence-electron chi connectivity index (χ1n) is 7.93. The highest BCUT2D eigenvalue weighted by molar-refractivity contribution is 5.85. The number of amides is 1. The maximum Gasteiger partial charge on any atom is 0.412 e. The minimum atomic E-state index is -0.531. The summed E-state index contributed by atoms with van der Waals surface area (Å²) in [5.41, 5.74) is 0.654. The Morgan fingerprint density at radius 2 is 1.50 bits per heavy atom. The molecule has 0 aliphatic heterocycles. The molecule has 0 unspecified atom stereocenters. The second-order valence-corrected chi connectivity index (χ2v) is 7.46. The highest BCUT2D eigenvalue weighted by atomic mass is 16.6. The number of nitrogens with one attached hydrogen (secondary N) is 1. The fourth-order valence-corrected chi connectivity index (χ4v) is 1.77. The van der Waals surface area contributed by atoms with Crippen LogP contribution < -0.4 is 5.32 Å². The zero-order valence-electron chi connectivity index (χ0n) is 15.3. The number of ether oxygens (including phenoxy) is 2. The monoisotopic (exact) mass is 333 g/mol. The number of anilines is 1. The lowest BCUT2D eigenvalue weighted by Crippen LogP contribution is -2.27. The summed E-state index contributed by atoms with van der Waals surface area (Å²) in [6.45, 7) is 10.9. The van der Waals surface area contributed by atoms with E-state index in [9.17, 15) is 9.59 Å². The van der Waals surface area contributed by atoms with Crippen LogP contribution in [0.5, 0.6) is 0 Å². The van der Waals surface area contributed by atoms with Crippen molar-refractivity contribution in [3.63, 3.8) is 0 Å². The molecule has 0 radical (unpaired) electrons. The minimum Gasteiger partial charge on any atom is -0.457 e. The smallest absolute Gasteiger partial charge is 0.412 e. The van der Waals surface area contributed by atoms with Crippen molar-refractivity contribution in [1.82, 2.24) is 0 Å². The maximum atomic E-state index is 11.7. The lowest BCUT2D eigenvalue weighted by molar-refractivity contribution is -0.148. The van der Waals surface area contributed by atoms with Crippen LogP contribution in [0.2, 0.25) is 0 Å². The van der Waals surface area contributed by atoms with E-state index in [4.69, 9.17) is 9.47 Å². The van der Waals surface area contributed by atoms with E-state index in [0.29, 0.717) is 12.1 Å². The van der Waals surface area contributed by atoms with Crippen molar-refractivity contribution in [2.75, 3.05) is 5.32 Å². The summed E-state index contributed by atoms with van der Waals surface area (Å²) in [5, 5.41) is 2.67. The third-order valence-corrected chi connectivity index (χ3v) is 2.61. The van der Waals surface area contributed by atoms with Crippen LogP contribution in [0.15, 0.2) is 36.4 Å². The van der Waals surface area contributed by atoms with Crippen molar-refractivity contribution in [1.29, 1.82) is 0 Å². The van der Waals surface area contributed by atoms with Gasteiger partial charge in [0.15, 0.2) is 0 Å². The van der Waals surface area contributed by atoms with E-state index in [2.05, 4.69) is 5.32 Å². The van der Waals surface area contributed by atoms with Crippen LogP contribution >= 0.6 is 0 Å². The highest BCUT2D eigenvalue weighted by Crippen LogP contribution is 2.13. The van der Waals surface area contributed by atoms with Gasteiger partial charge < -0.3 is 9.47 Å². The van der Waals surface area contributed by atoms with E-state index in [1.54, 1.807) is 18.2 Å². The Hall–Kier alpha value is -2.30. The first-order valence-corrected chi connectivity index (χ1v) is 7.93. The molecule has 0 saturated carbocycles. The topological polar surface area (TPSA) is 64.6 Å². The Labute approximate surface area is 144 Å². The Bertz CT molecular complexity index is 589. The molecule has 0 bridgehead atoms. The van der Waals surface area contributed by atoms with E-state index in [-0.39, 0.29) is 5.97 Å². The summed E-state index contributed by atoms with van der Waals surface area (Å²) < 4.78 is 10.4. The van der Waals surface area contributed by atoms with E-state index in [1.807, 2.05) is 53.7 Å². The van der Waals surface area contributed by atoms with Gasteiger partial charge in [0.05, 0.1) is 0 Å². The molecule has 24 heavy (non-hydrogen) atoms. The quantitative estimate of drug-likeness (QED) is 0.652. The average molecular weight is 333 g/mol. The fourth-order valence-electron chi connectivity index (χ4n) is 1.77. The van der Waals surface area contributed by atoms with Crippen molar-refractivity contribution in [2.24, 2.45) is 0 Å². The van der Waals surface area contributed by atoms with E-state index in [1.165, 1.54) is 6.08 Å². The molecule has 132 valence electrons. The number of esters is 1. The van der Waals surface area contributed by atoms with Gasteiger partial charge in [-0.25, -0.2) is 9.59 Å². The second kappa shape index (κ2) is 7.99. The third kappa shape index (κ3) is 8.98. The normalized spacial score (nSPS) is 12.1. The number of rotatable bonds is 4. The van der Waals surface area contributed by atoms with Gasteiger partial charge in [0.2, 0.25) is 0 Å². The van der Waals surface area contributed by atoms with E-state index >= 15 is 0 Å². The molecule has 0 atom stereocenters. The summed E-state index contributed by atoms with van der Waals surface area (Å²) in [5.74, 6) is -0.356. The van der Waals surface area contributed by atoms with E-state index < -0.39 is 17.3 Å². The van der Waals surface area contributed by atoms with Crippen LogP contribution in [0.3, 0.4) is 0 Å². The molecule has 1 aromatic rings. The molecule has 1 rings (SSSR count). The SMILES string of the molecule is CC(C)(C)OC(=O)/C=C/Cc1ccc(NC(=O)OC(C)(C)C)cc1. The van der Waals surface area contributed by atoms with Crippen molar-refractivity contribution >= 4 is 17.7 Å². The largest absolute Gasteiger partial charge is 0.457 e. The van der Waals surface area contributed by atoms with Gasteiger partial charge >= 0.3 is 12.1 Å². The number of benzene rings is 1. The van der Waals surface area contributed by atoms with Gasteiger partial charge in [-0.05, 0) is 65.7 Å². The Balaban J connectivity index is 2.50. The molecule has 0 fully saturated rings. The summed E-state index contributed by atoms with van der Waals surface area (Å²) >= 11 is 0. The van der Waals surface area contributed by atoms with Gasteiger partial charge in [-0.3, -0.25) is 5.32 Å². The van der Waals surface area contributed by atoms with Gasteiger partial charge in [0, 0.05) is 11.8 Å². The predicted octanol–water partition coefficient (Wildman–Crippen LogP) is 4.47. The van der Waals surface area contributed by atoms with Crippen LogP contribution in [0.4, 0.5) is 10.5 Å². The summed E-state index contributed by atoms with van der Waals surface area (Å²) in [6.07, 6.45) is 3.30. The molecular weight excluding hydrogens is 306 g/mol. The second-order valence-electron chi connectivity index (χ2n) is 7.46. The molecule has 0 heterocycles. The minimum absolute atomic E-state index is 0.356. The first kappa shape index (κ1) is 19.7. The van der Waals surface area contributed by atoms with Gasteiger partial charge in [0.25, 0.3) is 0 Å². The fraction of sp³-hybridized carbons (Fsp3) is 0.474. The van der Waals surface area contributed by atoms with Gasteiger partial charge in [-0.15, -0.1) is 0 Å². The molecule has 0 aliphatic rings. The molecule has 5 heteroatoms. The molecule has 1 aromatic carbocycles. The van der Waals surface area contributed by atoms with Gasteiger partial charge in [0.1, 0.15) is 11.2 Å². The number of carbonyl (C=O) groups is 2. The van der Waals surface area contributed by atoms with Crippen molar-refractivity contribution in [3.8, 4) is 0 Å².